The average Bonchev–Trinajstić information content (AvgIpc) is 2.57. The zero-order chi connectivity index (χ0) is 13.4. The molecule has 0 atom stereocenters. The minimum Gasteiger partial charge on any atom is -0.387 e. The molecule has 19 heavy (non-hydrogen) atoms. The number of rotatable bonds is 1. The summed E-state index contributed by atoms with van der Waals surface area (Å²) in [7, 11) is 1.90. The number of benzene rings is 1. The molecule has 0 aliphatic heterocycles. The van der Waals surface area contributed by atoms with Gasteiger partial charge in [-0.3, -0.25) is 4.98 Å². The number of aromatic nitrogens is 1. The molecule has 0 saturated heterocycles. The summed E-state index contributed by atoms with van der Waals surface area (Å²) in [5.74, 6) is 0. The third-order valence-corrected chi connectivity index (χ3v) is 4.35. The normalized spacial score (nSPS) is 13.4. The van der Waals surface area contributed by atoms with Crippen LogP contribution in [-0.2, 0) is 19.3 Å². The lowest BCUT2D eigenvalue weighted by Gasteiger charge is -2.10. The van der Waals surface area contributed by atoms with Crippen LogP contribution in [0.1, 0.15) is 22.4 Å². The van der Waals surface area contributed by atoms with E-state index in [1.807, 2.05) is 13.2 Å². The zero-order valence-electron chi connectivity index (χ0n) is 10.6. The highest BCUT2D eigenvalue weighted by Gasteiger charge is 2.16. The van der Waals surface area contributed by atoms with Crippen molar-refractivity contribution in [3.8, 4) is 0 Å². The molecular weight excluding hydrogens is 324 g/mol. The summed E-state index contributed by atoms with van der Waals surface area (Å²) >= 11 is 9.76. The largest absolute Gasteiger partial charge is 0.387 e. The molecule has 3 rings (SSSR count). The molecule has 2 nitrogen and oxygen atoms in total. The molecule has 1 heterocycles. The van der Waals surface area contributed by atoms with Crippen molar-refractivity contribution in [3.05, 3.63) is 56.3 Å². The van der Waals surface area contributed by atoms with Gasteiger partial charge in [0.15, 0.2) is 0 Å². The van der Waals surface area contributed by atoms with Crippen LogP contribution in [0.2, 0.25) is 5.02 Å². The molecule has 0 bridgehead atoms. The van der Waals surface area contributed by atoms with E-state index in [-0.39, 0.29) is 0 Å². The topological polar surface area (TPSA) is 24.9 Å². The Balaban J connectivity index is 2.07. The fraction of sp³-hybridized carbons (Fsp3) is 0.267. The van der Waals surface area contributed by atoms with E-state index in [1.54, 1.807) is 0 Å². The Labute approximate surface area is 126 Å². The second-order valence-corrected chi connectivity index (χ2v) is 6.11. The van der Waals surface area contributed by atoms with Crippen LogP contribution in [0.5, 0.6) is 0 Å². The van der Waals surface area contributed by atoms with Crippen molar-refractivity contribution in [3.63, 3.8) is 0 Å². The van der Waals surface area contributed by atoms with Gasteiger partial charge in [0.2, 0.25) is 0 Å². The van der Waals surface area contributed by atoms with Gasteiger partial charge in [0, 0.05) is 29.8 Å². The summed E-state index contributed by atoms with van der Waals surface area (Å²) in [4.78, 5) is 4.56. The molecule has 0 radical (unpaired) electrons. The number of nitrogens with one attached hydrogen (secondary N) is 1. The van der Waals surface area contributed by atoms with Crippen LogP contribution in [0.4, 0.5) is 5.69 Å². The lowest BCUT2D eigenvalue weighted by atomic mass is 10.0. The maximum atomic E-state index is 6.27. The fourth-order valence-electron chi connectivity index (χ4n) is 2.58. The molecule has 0 unspecified atom stereocenters. The van der Waals surface area contributed by atoms with E-state index in [1.165, 1.54) is 22.4 Å². The molecule has 0 amide bonds. The van der Waals surface area contributed by atoms with Gasteiger partial charge in [-0.2, -0.15) is 0 Å². The second kappa shape index (κ2) is 5.14. The standard InChI is InChI=1S/C15H14BrClN2/c1-18-15-7-11-6-14-10(4-12(16)8-19-14)3-2-9(11)5-13(15)17/h4-5,7-8,18H,2-3,6H2,1H3. The smallest absolute Gasteiger partial charge is 0.0640 e. The summed E-state index contributed by atoms with van der Waals surface area (Å²) in [5, 5.41) is 3.93. The van der Waals surface area contributed by atoms with Crippen LogP contribution in [0.25, 0.3) is 0 Å². The van der Waals surface area contributed by atoms with Crippen molar-refractivity contribution in [1.82, 2.24) is 4.98 Å². The molecule has 1 aromatic heterocycles. The van der Waals surface area contributed by atoms with Crippen LogP contribution < -0.4 is 5.32 Å². The molecule has 1 aliphatic carbocycles. The van der Waals surface area contributed by atoms with E-state index < -0.39 is 0 Å². The highest BCUT2D eigenvalue weighted by molar-refractivity contribution is 9.10. The minimum atomic E-state index is 0.793. The van der Waals surface area contributed by atoms with Crippen molar-refractivity contribution in [2.45, 2.75) is 19.3 Å². The number of pyridine rings is 1. The Morgan fingerprint density at radius 2 is 1.95 bits per heavy atom. The van der Waals surface area contributed by atoms with Crippen molar-refractivity contribution < 1.29 is 0 Å². The van der Waals surface area contributed by atoms with Gasteiger partial charge in [-0.1, -0.05) is 11.6 Å². The Bertz CT molecular complexity index is 640. The number of halogens is 2. The van der Waals surface area contributed by atoms with Crippen molar-refractivity contribution in [2.75, 3.05) is 12.4 Å². The van der Waals surface area contributed by atoms with Gasteiger partial charge in [0.05, 0.1) is 10.7 Å². The summed E-state index contributed by atoms with van der Waals surface area (Å²) in [5.41, 5.74) is 6.14. The van der Waals surface area contributed by atoms with Gasteiger partial charge in [-0.05, 0) is 63.7 Å². The van der Waals surface area contributed by atoms with E-state index in [0.717, 1.165) is 34.4 Å². The van der Waals surface area contributed by atoms with Crippen molar-refractivity contribution >= 4 is 33.2 Å². The van der Waals surface area contributed by atoms with Gasteiger partial charge in [-0.25, -0.2) is 0 Å². The number of hydrogen-bond acceptors (Lipinski definition) is 2. The third kappa shape index (κ3) is 2.49. The Morgan fingerprint density at radius 3 is 2.74 bits per heavy atom. The molecule has 0 spiro atoms. The number of anilines is 1. The molecule has 2 aromatic rings. The van der Waals surface area contributed by atoms with Crippen LogP contribution in [0, 0.1) is 0 Å². The number of aryl methyl sites for hydroxylation is 2. The maximum Gasteiger partial charge on any atom is 0.0640 e. The molecule has 0 saturated carbocycles. The fourth-order valence-corrected chi connectivity index (χ4v) is 3.24. The first-order valence-electron chi connectivity index (χ1n) is 6.29. The lowest BCUT2D eigenvalue weighted by molar-refractivity contribution is 0.949. The Hall–Kier alpha value is -1.06. The SMILES string of the molecule is CNc1cc2c(cc1Cl)CCc1cc(Br)cnc1C2. The van der Waals surface area contributed by atoms with Gasteiger partial charge >= 0.3 is 0 Å². The summed E-state index contributed by atoms with van der Waals surface area (Å²) in [6.07, 6.45) is 4.79. The number of hydrogen-bond donors (Lipinski definition) is 1. The number of nitrogens with zero attached hydrogens (tertiary/aromatic N) is 1. The van der Waals surface area contributed by atoms with E-state index in [9.17, 15) is 0 Å². The summed E-state index contributed by atoms with van der Waals surface area (Å²) < 4.78 is 1.05. The zero-order valence-corrected chi connectivity index (χ0v) is 13.0. The van der Waals surface area contributed by atoms with E-state index in [4.69, 9.17) is 11.6 Å². The van der Waals surface area contributed by atoms with E-state index >= 15 is 0 Å². The average molecular weight is 338 g/mol. The van der Waals surface area contributed by atoms with Gasteiger partial charge in [0.1, 0.15) is 0 Å². The first kappa shape index (κ1) is 12.9. The second-order valence-electron chi connectivity index (χ2n) is 4.79. The molecule has 1 aromatic carbocycles. The van der Waals surface area contributed by atoms with Crippen LogP contribution in [-0.4, -0.2) is 12.0 Å². The summed E-state index contributed by atoms with van der Waals surface area (Å²) in [6.45, 7) is 0. The number of fused-ring (bicyclic) bond motifs is 2. The van der Waals surface area contributed by atoms with Crippen LogP contribution >= 0.6 is 27.5 Å². The lowest BCUT2D eigenvalue weighted by Crippen LogP contribution is -1.98. The minimum absolute atomic E-state index is 0.793. The molecule has 1 aliphatic rings. The van der Waals surface area contributed by atoms with Gasteiger partial charge in [-0.15, -0.1) is 0 Å². The first-order valence-corrected chi connectivity index (χ1v) is 7.47. The van der Waals surface area contributed by atoms with E-state index in [0.29, 0.717) is 0 Å². The third-order valence-electron chi connectivity index (χ3n) is 3.61. The maximum absolute atomic E-state index is 6.27. The predicted octanol–water partition coefficient (Wildman–Crippen LogP) is 4.23. The molecule has 98 valence electrons. The van der Waals surface area contributed by atoms with E-state index in [2.05, 4.69) is 44.4 Å². The Kier molecular flexibility index (Phi) is 3.50. The monoisotopic (exact) mass is 336 g/mol. The quantitative estimate of drug-likeness (QED) is 0.842. The van der Waals surface area contributed by atoms with Gasteiger partial charge in [0.25, 0.3) is 0 Å². The van der Waals surface area contributed by atoms with Crippen molar-refractivity contribution in [1.29, 1.82) is 0 Å². The molecular formula is C15H14BrClN2. The highest BCUT2D eigenvalue weighted by Crippen LogP contribution is 2.31. The predicted molar refractivity (Wildman–Crippen MR) is 83.1 cm³/mol. The van der Waals surface area contributed by atoms with Crippen LogP contribution in [0.3, 0.4) is 0 Å². The van der Waals surface area contributed by atoms with Gasteiger partial charge < -0.3 is 5.32 Å². The van der Waals surface area contributed by atoms with Crippen LogP contribution in [0.15, 0.2) is 28.9 Å². The Morgan fingerprint density at radius 1 is 1.16 bits per heavy atom. The summed E-state index contributed by atoms with van der Waals surface area (Å²) in [6, 6.07) is 6.41. The molecule has 0 fully saturated rings. The highest BCUT2D eigenvalue weighted by atomic mass is 79.9. The molecule has 4 heteroatoms. The molecule has 1 N–H and O–H groups in total. The first-order chi connectivity index (χ1) is 9.17. The van der Waals surface area contributed by atoms with Crippen molar-refractivity contribution in [2.24, 2.45) is 0 Å².